The number of nitrogens with one attached hydrogen (secondary N) is 1. The minimum Gasteiger partial charge on any atom is -0.323 e. The molecule has 2 fully saturated rings. The van der Waals surface area contributed by atoms with E-state index in [0.29, 0.717) is 12.8 Å². The number of nitro groups is 1. The quantitative estimate of drug-likeness (QED) is 0.507. The molecule has 3 amide bonds. The third-order valence-corrected chi connectivity index (χ3v) is 3.92. The van der Waals surface area contributed by atoms with Gasteiger partial charge in [-0.2, -0.15) is 0 Å². The van der Waals surface area contributed by atoms with Crippen LogP contribution < -0.4 is 10.2 Å². The van der Waals surface area contributed by atoms with Crippen LogP contribution in [0.15, 0.2) is 24.3 Å². The fourth-order valence-electron chi connectivity index (χ4n) is 2.92. The Balaban J connectivity index is 1.98. The number of non-ortho nitro benzene ring substituents is 1. The first-order valence-corrected chi connectivity index (χ1v) is 6.45. The van der Waals surface area contributed by atoms with E-state index in [0.717, 1.165) is 17.7 Å². The molecule has 1 spiro atoms. The first-order chi connectivity index (χ1) is 9.53. The summed E-state index contributed by atoms with van der Waals surface area (Å²) in [5.74, 6) is -0.305. The van der Waals surface area contributed by atoms with Gasteiger partial charge in [-0.15, -0.1) is 0 Å². The van der Waals surface area contributed by atoms with Crippen LogP contribution >= 0.6 is 0 Å². The number of carbonyl (C=O) groups excluding carboxylic acids is 2. The van der Waals surface area contributed by atoms with E-state index < -0.39 is 16.5 Å². The van der Waals surface area contributed by atoms with Crippen molar-refractivity contribution in [3.63, 3.8) is 0 Å². The van der Waals surface area contributed by atoms with Gasteiger partial charge in [-0.05, 0) is 18.9 Å². The topological polar surface area (TPSA) is 92.6 Å². The molecule has 3 rings (SSSR count). The Kier molecular flexibility index (Phi) is 2.70. The average Bonchev–Trinajstić information content (AvgIpc) is 2.97. The number of imide groups is 1. The van der Waals surface area contributed by atoms with E-state index in [9.17, 15) is 19.7 Å². The Morgan fingerprint density at radius 3 is 2.60 bits per heavy atom. The van der Waals surface area contributed by atoms with Gasteiger partial charge in [0.1, 0.15) is 5.54 Å². The van der Waals surface area contributed by atoms with Gasteiger partial charge in [0.25, 0.3) is 11.6 Å². The summed E-state index contributed by atoms with van der Waals surface area (Å²) in [7, 11) is 0. The second kappa shape index (κ2) is 4.29. The van der Waals surface area contributed by atoms with E-state index in [1.165, 1.54) is 24.3 Å². The number of urea groups is 1. The molecule has 1 N–H and O–H groups in total. The highest BCUT2D eigenvalue weighted by Crippen LogP contribution is 2.37. The molecule has 104 valence electrons. The van der Waals surface area contributed by atoms with Gasteiger partial charge in [-0.25, -0.2) is 9.69 Å². The molecule has 0 radical (unpaired) electrons. The highest BCUT2D eigenvalue weighted by molar-refractivity contribution is 6.23. The van der Waals surface area contributed by atoms with Crippen molar-refractivity contribution in [3.8, 4) is 0 Å². The molecule has 1 aromatic carbocycles. The summed E-state index contributed by atoms with van der Waals surface area (Å²) in [5, 5.41) is 13.5. The van der Waals surface area contributed by atoms with Crippen molar-refractivity contribution in [3.05, 3.63) is 34.4 Å². The number of anilines is 1. The molecule has 20 heavy (non-hydrogen) atoms. The number of hydrogen-bond donors (Lipinski definition) is 1. The SMILES string of the molecule is O=C1NC2(CCCC2)C(=O)N1c1cccc([N+](=O)[O-])c1. The van der Waals surface area contributed by atoms with Gasteiger partial charge in [0.05, 0.1) is 10.6 Å². The summed E-state index contributed by atoms with van der Waals surface area (Å²) in [4.78, 5) is 35.8. The van der Waals surface area contributed by atoms with Crippen LogP contribution in [-0.4, -0.2) is 22.4 Å². The molecule has 1 aliphatic carbocycles. The van der Waals surface area contributed by atoms with E-state index in [1.54, 1.807) is 0 Å². The summed E-state index contributed by atoms with van der Waals surface area (Å²) in [5.41, 5.74) is -0.706. The molecule has 7 nitrogen and oxygen atoms in total. The molecule has 2 aliphatic rings. The van der Waals surface area contributed by atoms with E-state index in [-0.39, 0.29) is 17.3 Å². The highest BCUT2D eigenvalue weighted by atomic mass is 16.6. The lowest BCUT2D eigenvalue weighted by molar-refractivity contribution is -0.384. The molecular weight excluding hydrogens is 262 g/mol. The zero-order valence-corrected chi connectivity index (χ0v) is 10.7. The predicted molar refractivity (Wildman–Crippen MR) is 70.3 cm³/mol. The molecule has 1 aliphatic heterocycles. The fraction of sp³-hybridized carbons (Fsp3) is 0.385. The molecular formula is C13H13N3O4. The standard InChI is InChI=1S/C13H13N3O4/c17-11-13(6-1-2-7-13)14-12(18)15(11)9-4-3-5-10(8-9)16(19)20/h3-5,8H,1-2,6-7H2,(H,14,18). The third kappa shape index (κ3) is 1.74. The zero-order valence-electron chi connectivity index (χ0n) is 10.7. The second-order valence-corrected chi connectivity index (χ2v) is 5.14. The zero-order chi connectivity index (χ0) is 14.3. The van der Waals surface area contributed by atoms with E-state index in [2.05, 4.69) is 5.32 Å². The first kappa shape index (κ1) is 12.6. The van der Waals surface area contributed by atoms with Crippen LogP contribution in [0.1, 0.15) is 25.7 Å². The second-order valence-electron chi connectivity index (χ2n) is 5.14. The summed E-state index contributed by atoms with van der Waals surface area (Å²) in [6.07, 6.45) is 3.05. The maximum absolute atomic E-state index is 12.5. The normalized spacial score (nSPS) is 20.5. The Bertz CT molecular complexity index is 607. The Morgan fingerprint density at radius 1 is 1.25 bits per heavy atom. The van der Waals surface area contributed by atoms with Gasteiger partial charge in [-0.1, -0.05) is 18.9 Å². The summed E-state index contributed by atoms with van der Waals surface area (Å²) < 4.78 is 0. The summed E-state index contributed by atoms with van der Waals surface area (Å²) in [6, 6.07) is 5.06. The van der Waals surface area contributed by atoms with Gasteiger partial charge in [0.15, 0.2) is 0 Å². The number of hydrogen-bond acceptors (Lipinski definition) is 4. The van der Waals surface area contributed by atoms with Crippen LogP contribution in [0.3, 0.4) is 0 Å². The number of rotatable bonds is 2. The van der Waals surface area contributed by atoms with Crippen LogP contribution in [0, 0.1) is 10.1 Å². The van der Waals surface area contributed by atoms with Gasteiger partial charge in [0, 0.05) is 12.1 Å². The number of nitrogens with zero attached hydrogens (tertiary/aromatic N) is 2. The average molecular weight is 275 g/mol. The third-order valence-electron chi connectivity index (χ3n) is 3.92. The van der Waals surface area contributed by atoms with Crippen molar-refractivity contribution in [2.75, 3.05) is 4.90 Å². The molecule has 0 atom stereocenters. The number of nitro benzene ring substituents is 1. The monoisotopic (exact) mass is 275 g/mol. The Morgan fingerprint density at radius 2 is 1.95 bits per heavy atom. The fourth-order valence-corrected chi connectivity index (χ4v) is 2.92. The number of benzene rings is 1. The van der Waals surface area contributed by atoms with Crippen LogP contribution in [0.2, 0.25) is 0 Å². The lowest BCUT2D eigenvalue weighted by Crippen LogP contribution is -2.44. The molecule has 1 saturated carbocycles. The molecule has 0 bridgehead atoms. The number of amides is 3. The molecule has 7 heteroatoms. The van der Waals surface area contributed by atoms with E-state index in [4.69, 9.17) is 0 Å². The predicted octanol–water partition coefficient (Wildman–Crippen LogP) is 1.96. The minimum absolute atomic E-state index is 0.143. The van der Waals surface area contributed by atoms with E-state index >= 15 is 0 Å². The van der Waals surface area contributed by atoms with Crippen molar-refractivity contribution < 1.29 is 14.5 Å². The van der Waals surface area contributed by atoms with E-state index in [1.807, 2.05) is 0 Å². The molecule has 1 heterocycles. The van der Waals surface area contributed by atoms with Crippen molar-refractivity contribution in [2.24, 2.45) is 0 Å². The van der Waals surface area contributed by atoms with Gasteiger partial charge >= 0.3 is 6.03 Å². The first-order valence-electron chi connectivity index (χ1n) is 6.45. The van der Waals surface area contributed by atoms with Crippen molar-refractivity contribution in [2.45, 2.75) is 31.2 Å². The lowest BCUT2D eigenvalue weighted by Gasteiger charge is -2.19. The van der Waals surface area contributed by atoms with Crippen molar-refractivity contribution in [1.82, 2.24) is 5.32 Å². The van der Waals surface area contributed by atoms with Crippen LogP contribution in [0.4, 0.5) is 16.2 Å². The number of carbonyl (C=O) groups is 2. The Hall–Kier alpha value is -2.44. The summed E-state index contributed by atoms with van der Waals surface area (Å²) in [6.45, 7) is 0. The van der Waals surface area contributed by atoms with Crippen molar-refractivity contribution in [1.29, 1.82) is 0 Å². The maximum atomic E-state index is 12.5. The molecule has 0 unspecified atom stereocenters. The van der Waals surface area contributed by atoms with Crippen LogP contribution in [-0.2, 0) is 4.79 Å². The Labute approximate surface area is 114 Å². The maximum Gasteiger partial charge on any atom is 0.329 e. The summed E-state index contributed by atoms with van der Waals surface area (Å²) >= 11 is 0. The van der Waals surface area contributed by atoms with Crippen molar-refractivity contribution >= 4 is 23.3 Å². The smallest absolute Gasteiger partial charge is 0.323 e. The van der Waals surface area contributed by atoms with Gasteiger partial charge < -0.3 is 5.32 Å². The highest BCUT2D eigenvalue weighted by Gasteiger charge is 2.53. The molecule has 1 saturated heterocycles. The largest absolute Gasteiger partial charge is 0.329 e. The molecule has 1 aromatic rings. The van der Waals surface area contributed by atoms with Gasteiger partial charge in [-0.3, -0.25) is 14.9 Å². The van der Waals surface area contributed by atoms with Crippen LogP contribution in [0.5, 0.6) is 0 Å². The molecule has 0 aromatic heterocycles. The minimum atomic E-state index is -0.804. The van der Waals surface area contributed by atoms with Gasteiger partial charge in [0.2, 0.25) is 0 Å². The van der Waals surface area contributed by atoms with Crippen LogP contribution in [0.25, 0.3) is 0 Å². The lowest BCUT2D eigenvalue weighted by atomic mass is 9.98.